The van der Waals surface area contributed by atoms with Crippen molar-refractivity contribution in [3.8, 4) is 0 Å². The average Bonchev–Trinajstić information content (AvgIpc) is 3.21. The van der Waals surface area contributed by atoms with Gasteiger partial charge in [0.15, 0.2) is 0 Å². The molecule has 1 aliphatic carbocycles. The van der Waals surface area contributed by atoms with Gasteiger partial charge in [-0.05, 0) is 36.8 Å². The van der Waals surface area contributed by atoms with Gasteiger partial charge in [0.2, 0.25) is 0 Å². The molecule has 2 fully saturated rings. The van der Waals surface area contributed by atoms with E-state index in [-0.39, 0.29) is 6.03 Å². The zero-order valence-electron chi connectivity index (χ0n) is 13.5. The van der Waals surface area contributed by atoms with E-state index in [9.17, 15) is 4.79 Å². The van der Waals surface area contributed by atoms with Gasteiger partial charge < -0.3 is 15.0 Å². The van der Waals surface area contributed by atoms with Crippen LogP contribution in [-0.2, 0) is 4.74 Å². The van der Waals surface area contributed by atoms with E-state index in [1.807, 2.05) is 23.1 Å². The molecule has 2 amide bonds. The minimum Gasteiger partial charge on any atom is -0.381 e. The molecule has 4 heteroatoms. The van der Waals surface area contributed by atoms with Gasteiger partial charge in [-0.3, -0.25) is 0 Å². The topological polar surface area (TPSA) is 41.6 Å². The molecule has 0 bridgehead atoms. The van der Waals surface area contributed by atoms with Gasteiger partial charge >= 0.3 is 6.03 Å². The number of hydrogen-bond acceptors (Lipinski definition) is 2. The number of carbonyl (C=O) groups excluding carboxylic acids is 1. The summed E-state index contributed by atoms with van der Waals surface area (Å²) in [4.78, 5) is 14.8. The van der Waals surface area contributed by atoms with Crippen LogP contribution in [0.1, 0.15) is 44.6 Å². The Bertz CT molecular complexity index is 520. The van der Waals surface area contributed by atoms with Gasteiger partial charge in [0.1, 0.15) is 0 Å². The van der Waals surface area contributed by atoms with Crippen LogP contribution in [0.4, 0.5) is 10.5 Å². The fourth-order valence-electron chi connectivity index (χ4n) is 3.09. The Balaban J connectivity index is 1.68. The molecular formula is C18H26N2O2. The van der Waals surface area contributed by atoms with Gasteiger partial charge in [-0.15, -0.1) is 0 Å². The molecule has 4 nitrogen and oxygen atoms in total. The predicted molar refractivity (Wildman–Crippen MR) is 88.2 cm³/mol. The number of benzene rings is 1. The molecule has 1 atom stereocenters. The fourth-order valence-corrected chi connectivity index (χ4v) is 3.09. The Morgan fingerprint density at radius 3 is 2.73 bits per heavy atom. The Labute approximate surface area is 132 Å². The summed E-state index contributed by atoms with van der Waals surface area (Å²) in [5.74, 6) is 0.890. The molecule has 1 N–H and O–H groups in total. The first-order valence-electron chi connectivity index (χ1n) is 8.39. The van der Waals surface area contributed by atoms with Gasteiger partial charge in [-0.1, -0.05) is 32.0 Å². The van der Waals surface area contributed by atoms with E-state index in [1.54, 1.807) is 0 Å². The van der Waals surface area contributed by atoms with Crippen LogP contribution in [0.25, 0.3) is 0 Å². The maximum Gasteiger partial charge on any atom is 0.322 e. The van der Waals surface area contributed by atoms with Crippen molar-refractivity contribution in [3.05, 3.63) is 29.8 Å². The zero-order chi connectivity index (χ0) is 15.5. The number of urea groups is 1. The summed E-state index contributed by atoms with van der Waals surface area (Å²) in [5, 5.41) is 3.13. The fraction of sp³-hybridized carbons (Fsp3) is 0.611. The van der Waals surface area contributed by atoms with Gasteiger partial charge in [0, 0.05) is 30.8 Å². The lowest BCUT2D eigenvalue weighted by Crippen LogP contribution is -2.40. The molecule has 0 aromatic heterocycles. The first kappa shape index (κ1) is 15.3. The van der Waals surface area contributed by atoms with Crippen LogP contribution in [0.2, 0.25) is 0 Å². The quantitative estimate of drug-likeness (QED) is 0.898. The second kappa shape index (κ2) is 6.69. The van der Waals surface area contributed by atoms with Crippen molar-refractivity contribution >= 4 is 11.7 Å². The molecule has 120 valence electrons. The molecule has 22 heavy (non-hydrogen) atoms. The molecule has 1 saturated carbocycles. The van der Waals surface area contributed by atoms with Gasteiger partial charge in [-0.2, -0.15) is 0 Å². The summed E-state index contributed by atoms with van der Waals surface area (Å²) < 4.78 is 5.45. The molecule has 3 rings (SSSR count). The third-order valence-corrected chi connectivity index (χ3v) is 4.55. The number of anilines is 1. The standard InChI is InChI=1S/C18H26N2O2/c1-13(2)16-5-3-4-6-17(16)19-18(21)20(15-7-8-15)11-14-9-10-22-12-14/h3-6,13-15H,7-12H2,1-2H3,(H,19,21). The molecule has 1 aromatic carbocycles. The van der Waals surface area contributed by atoms with E-state index in [2.05, 4.69) is 25.2 Å². The minimum absolute atomic E-state index is 0.0440. The van der Waals surface area contributed by atoms with Crippen molar-refractivity contribution in [2.24, 2.45) is 5.92 Å². The smallest absolute Gasteiger partial charge is 0.322 e. The average molecular weight is 302 g/mol. The SMILES string of the molecule is CC(C)c1ccccc1NC(=O)N(CC1CCOC1)C1CC1. The van der Waals surface area contributed by atoms with Crippen molar-refractivity contribution in [1.82, 2.24) is 4.90 Å². The third kappa shape index (κ3) is 3.61. The number of hydrogen-bond donors (Lipinski definition) is 1. The van der Waals surface area contributed by atoms with Crippen molar-refractivity contribution in [2.45, 2.75) is 45.1 Å². The van der Waals surface area contributed by atoms with E-state index in [0.29, 0.717) is 17.9 Å². The molecular weight excluding hydrogens is 276 g/mol. The zero-order valence-corrected chi connectivity index (χ0v) is 13.5. The van der Waals surface area contributed by atoms with Crippen molar-refractivity contribution in [3.63, 3.8) is 0 Å². The van der Waals surface area contributed by atoms with E-state index >= 15 is 0 Å². The predicted octanol–water partition coefficient (Wildman–Crippen LogP) is 3.84. The van der Waals surface area contributed by atoms with Crippen LogP contribution < -0.4 is 5.32 Å². The van der Waals surface area contributed by atoms with E-state index in [0.717, 1.165) is 44.7 Å². The lowest BCUT2D eigenvalue weighted by atomic mass is 10.0. The number of ether oxygens (including phenoxy) is 1. The minimum atomic E-state index is 0.0440. The Hall–Kier alpha value is -1.55. The molecule has 0 radical (unpaired) electrons. The third-order valence-electron chi connectivity index (χ3n) is 4.55. The van der Waals surface area contributed by atoms with Gasteiger partial charge in [0.25, 0.3) is 0 Å². The number of rotatable bonds is 5. The highest BCUT2D eigenvalue weighted by molar-refractivity contribution is 5.90. The van der Waals surface area contributed by atoms with Gasteiger partial charge in [-0.25, -0.2) is 4.79 Å². The molecule has 1 heterocycles. The maximum absolute atomic E-state index is 12.7. The summed E-state index contributed by atoms with van der Waals surface area (Å²) in [6.45, 7) is 6.75. The second-order valence-electron chi connectivity index (χ2n) is 6.79. The number of nitrogens with zero attached hydrogens (tertiary/aromatic N) is 1. The van der Waals surface area contributed by atoms with Crippen LogP contribution in [0, 0.1) is 5.92 Å². The summed E-state index contributed by atoms with van der Waals surface area (Å²) in [7, 11) is 0. The van der Waals surface area contributed by atoms with Crippen molar-refractivity contribution in [1.29, 1.82) is 0 Å². The first-order chi connectivity index (χ1) is 10.6. The Morgan fingerprint density at radius 2 is 2.09 bits per heavy atom. The molecule has 2 aliphatic rings. The molecule has 0 spiro atoms. The van der Waals surface area contributed by atoms with Crippen LogP contribution in [0.5, 0.6) is 0 Å². The first-order valence-corrected chi connectivity index (χ1v) is 8.39. The Morgan fingerprint density at radius 1 is 1.32 bits per heavy atom. The normalized spacial score (nSPS) is 21.1. The van der Waals surface area contributed by atoms with Crippen molar-refractivity contribution in [2.75, 3.05) is 25.1 Å². The lowest BCUT2D eigenvalue weighted by molar-refractivity contribution is 0.167. The molecule has 1 aromatic rings. The van der Waals surface area contributed by atoms with E-state index in [4.69, 9.17) is 4.74 Å². The lowest BCUT2D eigenvalue weighted by Gasteiger charge is -2.26. The number of amides is 2. The Kier molecular flexibility index (Phi) is 4.67. The highest BCUT2D eigenvalue weighted by Gasteiger charge is 2.35. The summed E-state index contributed by atoms with van der Waals surface area (Å²) in [6, 6.07) is 8.56. The van der Waals surface area contributed by atoms with Crippen LogP contribution in [0.3, 0.4) is 0 Å². The number of nitrogens with one attached hydrogen (secondary N) is 1. The van der Waals surface area contributed by atoms with Gasteiger partial charge in [0.05, 0.1) is 6.61 Å². The maximum atomic E-state index is 12.7. The van der Waals surface area contributed by atoms with Crippen LogP contribution >= 0.6 is 0 Å². The highest BCUT2D eigenvalue weighted by atomic mass is 16.5. The monoisotopic (exact) mass is 302 g/mol. The number of para-hydroxylation sites is 1. The van der Waals surface area contributed by atoms with E-state index < -0.39 is 0 Å². The number of carbonyl (C=O) groups is 1. The van der Waals surface area contributed by atoms with E-state index in [1.165, 1.54) is 5.56 Å². The van der Waals surface area contributed by atoms with Crippen LogP contribution in [0.15, 0.2) is 24.3 Å². The molecule has 1 unspecified atom stereocenters. The summed E-state index contributed by atoms with van der Waals surface area (Å²) >= 11 is 0. The largest absolute Gasteiger partial charge is 0.381 e. The second-order valence-corrected chi connectivity index (χ2v) is 6.79. The summed E-state index contributed by atoms with van der Waals surface area (Å²) in [5.41, 5.74) is 2.13. The molecule has 1 aliphatic heterocycles. The van der Waals surface area contributed by atoms with Crippen LogP contribution in [-0.4, -0.2) is 36.7 Å². The highest BCUT2D eigenvalue weighted by Crippen LogP contribution is 2.30. The molecule has 1 saturated heterocycles. The van der Waals surface area contributed by atoms with Crippen molar-refractivity contribution < 1.29 is 9.53 Å². The summed E-state index contributed by atoms with van der Waals surface area (Å²) in [6.07, 6.45) is 3.33.